The summed E-state index contributed by atoms with van der Waals surface area (Å²) >= 11 is 0. The van der Waals surface area contributed by atoms with Gasteiger partial charge in [-0.1, -0.05) is 30.3 Å². The molecule has 0 bridgehead atoms. The van der Waals surface area contributed by atoms with Crippen LogP contribution in [0.15, 0.2) is 30.3 Å². The molecule has 1 fully saturated rings. The number of carbonyl (C=O) groups is 2. The van der Waals surface area contributed by atoms with Crippen LogP contribution in [0.4, 0.5) is 4.79 Å². The maximum atomic E-state index is 11.8. The van der Waals surface area contributed by atoms with E-state index in [1.807, 2.05) is 44.2 Å². The van der Waals surface area contributed by atoms with Gasteiger partial charge in [0, 0.05) is 25.6 Å². The highest BCUT2D eigenvalue weighted by molar-refractivity contribution is 5.81. The van der Waals surface area contributed by atoms with Crippen molar-refractivity contribution >= 4 is 11.9 Å². The van der Waals surface area contributed by atoms with Gasteiger partial charge in [0.2, 0.25) is 5.91 Å². The van der Waals surface area contributed by atoms with Crippen LogP contribution in [0.2, 0.25) is 0 Å². The minimum absolute atomic E-state index is 0.0966. The Morgan fingerprint density at radius 2 is 2.05 bits per heavy atom. The minimum Gasteiger partial charge on any atom is -0.338 e. The highest BCUT2D eigenvalue weighted by Gasteiger charge is 2.31. The molecule has 1 aliphatic heterocycles. The molecule has 0 saturated carbocycles. The van der Waals surface area contributed by atoms with E-state index in [-0.39, 0.29) is 24.0 Å². The molecule has 5 heteroatoms. The van der Waals surface area contributed by atoms with Gasteiger partial charge in [-0.3, -0.25) is 4.79 Å². The molecule has 2 rings (SSSR count). The number of carbonyl (C=O) groups excluding carboxylic acids is 2. The molecule has 3 amide bonds. The van der Waals surface area contributed by atoms with Crippen LogP contribution in [0, 0.1) is 0 Å². The van der Waals surface area contributed by atoms with Crippen molar-refractivity contribution in [3.05, 3.63) is 35.9 Å². The average molecular weight is 275 g/mol. The predicted octanol–water partition coefficient (Wildman–Crippen LogP) is 1.50. The van der Waals surface area contributed by atoms with Crippen LogP contribution >= 0.6 is 0 Å². The molecule has 1 aliphatic rings. The van der Waals surface area contributed by atoms with Gasteiger partial charge in [-0.05, 0) is 19.4 Å². The Balaban J connectivity index is 1.77. The maximum absolute atomic E-state index is 11.8. The summed E-state index contributed by atoms with van der Waals surface area (Å²) in [5.74, 6) is 0.105. The third kappa shape index (κ3) is 3.73. The summed E-state index contributed by atoms with van der Waals surface area (Å²) in [5.41, 5.74) is 1.05. The lowest BCUT2D eigenvalue weighted by atomic mass is 10.2. The molecule has 0 radical (unpaired) electrons. The number of likely N-dealkylation sites (tertiary alicyclic amines) is 1. The summed E-state index contributed by atoms with van der Waals surface area (Å²) in [7, 11) is 0. The van der Waals surface area contributed by atoms with Crippen LogP contribution in [0.3, 0.4) is 0 Å². The number of urea groups is 1. The number of hydrogen-bond donors (Lipinski definition) is 2. The fourth-order valence-electron chi connectivity index (χ4n) is 2.34. The average Bonchev–Trinajstić information content (AvgIpc) is 2.78. The fraction of sp³-hybridized carbons (Fsp3) is 0.467. The van der Waals surface area contributed by atoms with Crippen molar-refractivity contribution in [3.63, 3.8) is 0 Å². The number of amides is 3. The summed E-state index contributed by atoms with van der Waals surface area (Å²) in [6, 6.07) is 9.59. The van der Waals surface area contributed by atoms with Gasteiger partial charge in [0.15, 0.2) is 0 Å². The van der Waals surface area contributed by atoms with Crippen LogP contribution < -0.4 is 10.6 Å². The van der Waals surface area contributed by atoms with Gasteiger partial charge >= 0.3 is 6.03 Å². The Morgan fingerprint density at radius 3 is 2.65 bits per heavy atom. The summed E-state index contributed by atoms with van der Waals surface area (Å²) in [4.78, 5) is 25.3. The van der Waals surface area contributed by atoms with Crippen LogP contribution in [0.1, 0.15) is 25.8 Å². The van der Waals surface area contributed by atoms with Gasteiger partial charge in [-0.15, -0.1) is 0 Å². The molecule has 2 N–H and O–H groups in total. The summed E-state index contributed by atoms with van der Waals surface area (Å²) in [6.07, 6.45) is 0.386. The van der Waals surface area contributed by atoms with Crippen molar-refractivity contribution in [2.45, 2.75) is 38.9 Å². The van der Waals surface area contributed by atoms with Crippen molar-refractivity contribution in [2.24, 2.45) is 0 Å². The van der Waals surface area contributed by atoms with Gasteiger partial charge in [-0.25, -0.2) is 4.79 Å². The normalized spacial score (nSPS) is 18.4. The molecule has 1 atom stereocenters. The van der Waals surface area contributed by atoms with Crippen molar-refractivity contribution in [1.82, 2.24) is 15.5 Å². The summed E-state index contributed by atoms with van der Waals surface area (Å²) in [6.45, 7) is 5.04. The molecule has 1 heterocycles. The number of rotatable bonds is 4. The second-order valence-corrected chi connectivity index (χ2v) is 5.35. The van der Waals surface area contributed by atoms with E-state index in [0.717, 1.165) is 5.56 Å². The number of nitrogens with one attached hydrogen (secondary N) is 2. The van der Waals surface area contributed by atoms with Crippen molar-refractivity contribution in [2.75, 3.05) is 6.54 Å². The Kier molecular flexibility index (Phi) is 4.61. The van der Waals surface area contributed by atoms with E-state index in [9.17, 15) is 9.59 Å². The zero-order valence-corrected chi connectivity index (χ0v) is 11.9. The first kappa shape index (κ1) is 14.4. The van der Waals surface area contributed by atoms with E-state index in [0.29, 0.717) is 19.5 Å². The molecule has 0 aromatic heterocycles. The van der Waals surface area contributed by atoms with E-state index >= 15 is 0 Å². The first-order chi connectivity index (χ1) is 9.56. The van der Waals surface area contributed by atoms with Crippen molar-refractivity contribution in [3.8, 4) is 0 Å². The van der Waals surface area contributed by atoms with Gasteiger partial charge in [0.05, 0.1) is 6.04 Å². The molecule has 20 heavy (non-hydrogen) atoms. The van der Waals surface area contributed by atoms with Gasteiger partial charge in [0.25, 0.3) is 0 Å². The van der Waals surface area contributed by atoms with Crippen LogP contribution in [0.25, 0.3) is 0 Å². The molecule has 1 aromatic carbocycles. The van der Waals surface area contributed by atoms with Crippen LogP contribution in [-0.4, -0.2) is 35.5 Å². The third-order valence-electron chi connectivity index (χ3n) is 3.41. The van der Waals surface area contributed by atoms with Crippen molar-refractivity contribution < 1.29 is 9.59 Å². The van der Waals surface area contributed by atoms with Crippen LogP contribution in [0.5, 0.6) is 0 Å². The SMILES string of the molecule is CC(C)N1CC(NC(=O)NCc2ccccc2)CC1=O. The Bertz CT molecular complexity index is 473. The summed E-state index contributed by atoms with van der Waals surface area (Å²) in [5, 5.41) is 5.66. The van der Waals surface area contributed by atoms with Gasteiger partial charge < -0.3 is 15.5 Å². The molecule has 0 aliphatic carbocycles. The number of hydrogen-bond acceptors (Lipinski definition) is 2. The first-order valence-corrected chi connectivity index (χ1v) is 6.94. The highest BCUT2D eigenvalue weighted by atomic mass is 16.2. The molecule has 5 nitrogen and oxygen atoms in total. The quantitative estimate of drug-likeness (QED) is 0.874. The highest BCUT2D eigenvalue weighted by Crippen LogP contribution is 2.14. The lowest BCUT2D eigenvalue weighted by Crippen LogP contribution is -2.43. The molecule has 1 aromatic rings. The lowest BCUT2D eigenvalue weighted by Gasteiger charge is -2.21. The molecule has 1 unspecified atom stereocenters. The summed E-state index contributed by atoms with van der Waals surface area (Å²) < 4.78 is 0. The number of nitrogens with zero attached hydrogens (tertiary/aromatic N) is 1. The number of benzene rings is 1. The van der Waals surface area contributed by atoms with E-state index in [4.69, 9.17) is 0 Å². The Morgan fingerprint density at radius 1 is 1.35 bits per heavy atom. The maximum Gasteiger partial charge on any atom is 0.315 e. The molecular weight excluding hydrogens is 254 g/mol. The Hall–Kier alpha value is -2.04. The standard InChI is InChI=1S/C15H21N3O2/c1-11(2)18-10-13(8-14(18)19)17-15(20)16-9-12-6-4-3-5-7-12/h3-7,11,13H,8-10H2,1-2H3,(H2,16,17,20). The lowest BCUT2D eigenvalue weighted by molar-refractivity contribution is -0.129. The second-order valence-electron chi connectivity index (χ2n) is 5.35. The second kappa shape index (κ2) is 6.41. The topological polar surface area (TPSA) is 61.4 Å². The van der Waals surface area contributed by atoms with Crippen molar-refractivity contribution in [1.29, 1.82) is 0 Å². The molecule has 0 spiro atoms. The van der Waals surface area contributed by atoms with E-state index in [2.05, 4.69) is 10.6 Å². The molecular formula is C15H21N3O2. The third-order valence-corrected chi connectivity index (χ3v) is 3.41. The minimum atomic E-state index is -0.225. The largest absolute Gasteiger partial charge is 0.338 e. The fourth-order valence-corrected chi connectivity index (χ4v) is 2.34. The van der Waals surface area contributed by atoms with Crippen LogP contribution in [-0.2, 0) is 11.3 Å². The smallest absolute Gasteiger partial charge is 0.315 e. The van der Waals surface area contributed by atoms with Gasteiger partial charge in [0.1, 0.15) is 0 Å². The zero-order valence-electron chi connectivity index (χ0n) is 11.9. The first-order valence-electron chi connectivity index (χ1n) is 6.94. The van der Waals surface area contributed by atoms with E-state index in [1.54, 1.807) is 4.90 Å². The van der Waals surface area contributed by atoms with E-state index in [1.165, 1.54) is 0 Å². The van der Waals surface area contributed by atoms with E-state index < -0.39 is 0 Å². The monoisotopic (exact) mass is 275 g/mol. The molecule has 108 valence electrons. The predicted molar refractivity (Wildman–Crippen MR) is 77.1 cm³/mol. The Labute approximate surface area is 119 Å². The molecule has 1 saturated heterocycles. The van der Waals surface area contributed by atoms with Gasteiger partial charge in [-0.2, -0.15) is 0 Å². The zero-order chi connectivity index (χ0) is 14.5.